The van der Waals surface area contributed by atoms with Gasteiger partial charge in [0.1, 0.15) is 24.3 Å². The Morgan fingerprint density at radius 2 is 2.00 bits per heavy atom. The van der Waals surface area contributed by atoms with Gasteiger partial charge < -0.3 is 15.0 Å². The highest BCUT2D eigenvalue weighted by atomic mass is 35.5. The molecular formula is C21H26ClFN8O2. The summed E-state index contributed by atoms with van der Waals surface area (Å²) >= 11 is 5.76. The summed E-state index contributed by atoms with van der Waals surface area (Å²) < 4.78 is 22.6. The maximum Gasteiger partial charge on any atom is 0.318 e. The van der Waals surface area contributed by atoms with Gasteiger partial charge in [-0.05, 0) is 37.8 Å². The van der Waals surface area contributed by atoms with Crippen LogP contribution < -0.4 is 5.32 Å². The molecule has 0 aliphatic carbocycles. The molecule has 1 fully saturated rings. The van der Waals surface area contributed by atoms with Crippen molar-refractivity contribution in [3.05, 3.63) is 53.3 Å². The van der Waals surface area contributed by atoms with Crippen LogP contribution in [0.15, 0.2) is 30.9 Å². The number of aromatic nitrogens is 6. The molecule has 1 aromatic carbocycles. The molecule has 3 heterocycles. The van der Waals surface area contributed by atoms with E-state index in [1.54, 1.807) is 11.0 Å². The Morgan fingerprint density at radius 1 is 1.24 bits per heavy atom. The van der Waals surface area contributed by atoms with Crippen LogP contribution in [-0.4, -0.2) is 60.2 Å². The molecule has 1 aliphatic rings. The monoisotopic (exact) mass is 476 g/mol. The Hall–Kier alpha value is -3.05. The fourth-order valence-corrected chi connectivity index (χ4v) is 3.84. The van der Waals surface area contributed by atoms with E-state index in [9.17, 15) is 9.18 Å². The van der Waals surface area contributed by atoms with E-state index in [4.69, 9.17) is 16.3 Å². The van der Waals surface area contributed by atoms with E-state index in [0.717, 1.165) is 38.4 Å². The van der Waals surface area contributed by atoms with Crippen LogP contribution in [0, 0.1) is 11.7 Å². The normalized spacial score (nSPS) is 14.4. The number of nitrogens with zero attached hydrogens (tertiary/aromatic N) is 7. The van der Waals surface area contributed by atoms with Gasteiger partial charge in [0.25, 0.3) is 0 Å². The fraction of sp³-hybridized carbons (Fsp3) is 0.476. The van der Waals surface area contributed by atoms with Crippen molar-refractivity contribution in [3.8, 4) is 5.69 Å². The molecule has 1 N–H and O–H groups in total. The van der Waals surface area contributed by atoms with Crippen LogP contribution >= 0.6 is 11.6 Å². The molecule has 2 amide bonds. The first kappa shape index (κ1) is 23.1. The first-order valence-electron chi connectivity index (χ1n) is 10.9. The van der Waals surface area contributed by atoms with Crippen LogP contribution in [-0.2, 0) is 24.4 Å². The van der Waals surface area contributed by atoms with Crippen LogP contribution in [0.3, 0.4) is 0 Å². The van der Waals surface area contributed by atoms with Crippen molar-refractivity contribution >= 4 is 17.6 Å². The number of benzene rings is 1. The highest BCUT2D eigenvalue weighted by Gasteiger charge is 2.20. The molecule has 3 aromatic rings. The van der Waals surface area contributed by atoms with E-state index in [0.29, 0.717) is 30.5 Å². The Kier molecular flexibility index (Phi) is 7.50. The zero-order valence-electron chi connectivity index (χ0n) is 18.3. The SMILES string of the molecule is CCN(Cc1ncnn1CC1CCOCC1)C(=O)NCc1ncnn1-c1ccc(Cl)c(F)c1. The minimum atomic E-state index is -0.554. The van der Waals surface area contributed by atoms with Crippen LogP contribution in [0.4, 0.5) is 9.18 Å². The highest BCUT2D eigenvalue weighted by Crippen LogP contribution is 2.19. The second kappa shape index (κ2) is 10.7. The van der Waals surface area contributed by atoms with Gasteiger partial charge in [-0.15, -0.1) is 0 Å². The summed E-state index contributed by atoms with van der Waals surface area (Å²) in [5.41, 5.74) is 0.465. The van der Waals surface area contributed by atoms with Crippen LogP contribution in [0.2, 0.25) is 5.02 Å². The Labute approximate surface area is 195 Å². The number of hydrogen-bond acceptors (Lipinski definition) is 6. The molecule has 0 atom stereocenters. The molecule has 0 bridgehead atoms. The summed E-state index contributed by atoms with van der Waals surface area (Å²) in [5.74, 6) is 1.14. The van der Waals surface area contributed by atoms with Crippen molar-refractivity contribution in [1.82, 2.24) is 39.7 Å². The van der Waals surface area contributed by atoms with Crippen LogP contribution in [0.5, 0.6) is 0 Å². The molecule has 1 saturated heterocycles. The standard InChI is InChI=1S/C21H26ClFN8O2/c1-2-29(12-20-26-13-27-30(20)11-15-5-7-33-8-6-15)21(32)24-10-19-25-14-28-31(19)16-3-4-17(22)18(23)9-16/h3-4,9,13-15H,2,5-8,10-12H2,1H3,(H,24,32). The molecule has 10 nitrogen and oxygen atoms in total. The molecule has 33 heavy (non-hydrogen) atoms. The average Bonchev–Trinajstić information content (AvgIpc) is 3.47. The second-order valence-corrected chi connectivity index (χ2v) is 8.18. The number of urea groups is 1. The molecule has 12 heteroatoms. The number of carbonyl (C=O) groups excluding carboxylic acids is 1. The third-order valence-electron chi connectivity index (χ3n) is 5.63. The van der Waals surface area contributed by atoms with Gasteiger partial charge >= 0.3 is 6.03 Å². The molecule has 176 valence electrons. The quantitative estimate of drug-likeness (QED) is 0.536. The summed E-state index contributed by atoms with van der Waals surface area (Å²) in [4.78, 5) is 23.0. The van der Waals surface area contributed by atoms with E-state index in [-0.39, 0.29) is 17.6 Å². The lowest BCUT2D eigenvalue weighted by molar-refractivity contribution is 0.0596. The average molecular weight is 477 g/mol. The topological polar surface area (TPSA) is 103 Å². The molecule has 4 rings (SSSR count). The van der Waals surface area contributed by atoms with E-state index < -0.39 is 5.82 Å². The smallest absolute Gasteiger partial charge is 0.318 e. The van der Waals surface area contributed by atoms with Gasteiger partial charge in [0.05, 0.1) is 23.8 Å². The minimum Gasteiger partial charge on any atom is -0.381 e. The molecule has 0 spiro atoms. The molecule has 2 aromatic heterocycles. The predicted molar refractivity (Wildman–Crippen MR) is 118 cm³/mol. The predicted octanol–water partition coefficient (Wildman–Crippen LogP) is 2.81. The Bertz CT molecular complexity index is 1080. The summed E-state index contributed by atoms with van der Waals surface area (Å²) in [5, 5.41) is 11.4. The van der Waals surface area contributed by atoms with Crippen LogP contribution in [0.1, 0.15) is 31.4 Å². The van der Waals surface area contributed by atoms with Gasteiger partial charge in [-0.25, -0.2) is 28.5 Å². The minimum absolute atomic E-state index is 0.0250. The number of rotatable bonds is 8. The number of halogens is 2. The van der Waals surface area contributed by atoms with Crippen molar-refractivity contribution in [2.24, 2.45) is 5.92 Å². The number of ether oxygens (including phenoxy) is 1. The van der Waals surface area contributed by atoms with E-state index in [1.807, 2.05) is 11.6 Å². The number of nitrogens with one attached hydrogen (secondary N) is 1. The molecular weight excluding hydrogens is 451 g/mol. The Morgan fingerprint density at radius 3 is 2.76 bits per heavy atom. The van der Waals surface area contributed by atoms with E-state index in [2.05, 4.69) is 25.5 Å². The zero-order valence-corrected chi connectivity index (χ0v) is 19.1. The molecule has 0 radical (unpaired) electrons. The van der Waals surface area contributed by atoms with Gasteiger partial charge in [0.15, 0.2) is 5.82 Å². The Balaban J connectivity index is 1.37. The van der Waals surface area contributed by atoms with Gasteiger partial charge in [0.2, 0.25) is 0 Å². The summed E-state index contributed by atoms with van der Waals surface area (Å²) in [6.45, 7) is 5.15. The van der Waals surface area contributed by atoms with Crippen molar-refractivity contribution < 1.29 is 13.9 Å². The van der Waals surface area contributed by atoms with Crippen molar-refractivity contribution in [3.63, 3.8) is 0 Å². The second-order valence-electron chi connectivity index (χ2n) is 7.77. The van der Waals surface area contributed by atoms with Crippen molar-refractivity contribution in [1.29, 1.82) is 0 Å². The maximum absolute atomic E-state index is 13.8. The van der Waals surface area contributed by atoms with Gasteiger partial charge in [-0.2, -0.15) is 10.2 Å². The van der Waals surface area contributed by atoms with Crippen LogP contribution in [0.25, 0.3) is 5.69 Å². The summed E-state index contributed by atoms with van der Waals surface area (Å²) in [6.07, 6.45) is 4.86. The first-order valence-corrected chi connectivity index (χ1v) is 11.2. The van der Waals surface area contributed by atoms with Crippen molar-refractivity contribution in [2.75, 3.05) is 19.8 Å². The maximum atomic E-state index is 13.8. The van der Waals surface area contributed by atoms with Gasteiger partial charge in [-0.1, -0.05) is 11.6 Å². The van der Waals surface area contributed by atoms with E-state index >= 15 is 0 Å². The lowest BCUT2D eigenvalue weighted by atomic mass is 10.0. The van der Waals surface area contributed by atoms with Crippen molar-refractivity contribution in [2.45, 2.75) is 39.4 Å². The molecule has 1 aliphatic heterocycles. The molecule has 0 unspecified atom stereocenters. The number of amides is 2. The lowest BCUT2D eigenvalue weighted by Crippen LogP contribution is -2.40. The molecule has 0 saturated carbocycles. The summed E-state index contributed by atoms with van der Waals surface area (Å²) in [7, 11) is 0. The van der Waals surface area contributed by atoms with E-state index in [1.165, 1.54) is 29.5 Å². The first-order chi connectivity index (χ1) is 16.0. The lowest BCUT2D eigenvalue weighted by Gasteiger charge is -2.24. The number of hydrogen-bond donors (Lipinski definition) is 1. The zero-order chi connectivity index (χ0) is 23.2. The van der Waals surface area contributed by atoms with Gasteiger partial charge in [-0.3, -0.25) is 0 Å². The highest BCUT2D eigenvalue weighted by molar-refractivity contribution is 6.30. The van der Waals surface area contributed by atoms with Gasteiger partial charge in [0, 0.05) is 32.4 Å². The number of carbonyl (C=O) groups is 1. The largest absolute Gasteiger partial charge is 0.381 e. The third kappa shape index (κ3) is 5.66. The fourth-order valence-electron chi connectivity index (χ4n) is 3.72. The summed E-state index contributed by atoms with van der Waals surface area (Å²) in [6, 6.07) is 4.09. The third-order valence-corrected chi connectivity index (χ3v) is 5.94.